The molecule has 15 heavy (non-hydrogen) atoms. The van der Waals surface area contributed by atoms with Gasteiger partial charge in [0.1, 0.15) is 0 Å². The SMILES string of the molecule is N[C@H](c1ccc(F)c([N+](=O)[O-])c1)C(F)F. The van der Waals surface area contributed by atoms with E-state index >= 15 is 0 Å². The summed E-state index contributed by atoms with van der Waals surface area (Å²) in [7, 11) is 0. The van der Waals surface area contributed by atoms with Crippen molar-refractivity contribution in [2.45, 2.75) is 12.5 Å². The van der Waals surface area contributed by atoms with Gasteiger partial charge in [0.15, 0.2) is 0 Å². The predicted octanol–water partition coefficient (Wildman–Crippen LogP) is 2.00. The normalized spacial score (nSPS) is 12.9. The zero-order chi connectivity index (χ0) is 11.6. The Bertz CT molecular complexity index is 384. The van der Waals surface area contributed by atoms with E-state index in [2.05, 4.69) is 0 Å². The summed E-state index contributed by atoms with van der Waals surface area (Å²) in [6.45, 7) is 0. The van der Waals surface area contributed by atoms with Crippen LogP contribution in [0.15, 0.2) is 18.2 Å². The summed E-state index contributed by atoms with van der Waals surface area (Å²) in [6.07, 6.45) is -2.85. The molecule has 0 bridgehead atoms. The number of nitro benzene ring substituents is 1. The second-order valence-electron chi connectivity index (χ2n) is 2.83. The van der Waals surface area contributed by atoms with Crippen LogP contribution in [0.5, 0.6) is 0 Å². The van der Waals surface area contributed by atoms with E-state index in [9.17, 15) is 23.3 Å². The van der Waals surface area contributed by atoms with Crippen molar-refractivity contribution < 1.29 is 18.1 Å². The molecule has 4 nitrogen and oxygen atoms in total. The van der Waals surface area contributed by atoms with E-state index in [4.69, 9.17) is 5.73 Å². The van der Waals surface area contributed by atoms with Crippen LogP contribution in [0.1, 0.15) is 11.6 Å². The standard InChI is InChI=1S/C8H7F3N2O2/c9-5-2-1-4(7(12)8(10)11)3-6(5)13(14)15/h1-3,7-8H,12H2/t7-/m1/s1. The number of halogens is 3. The summed E-state index contributed by atoms with van der Waals surface area (Å²) in [5.74, 6) is -1.08. The summed E-state index contributed by atoms with van der Waals surface area (Å²) < 4.78 is 37.1. The lowest BCUT2D eigenvalue weighted by molar-refractivity contribution is -0.387. The van der Waals surface area contributed by atoms with E-state index in [1.165, 1.54) is 0 Å². The first-order valence-corrected chi connectivity index (χ1v) is 3.91. The van der Waals surface area contributed by atoms with E-state index < -0.39 is 28.9 Å². The van der Waals surface area contributed by atoms with Gasteiger partial charge in [-0.25, -0.2) is 8.78 Å². The minimum atomic E-state index is -2.85. The molecule has 1 rings (SSSR count). The van der Waals surface area contributed by atoms with Gasteiger partial charge in [-0.1, -0.05) is 6.07 Å². The van der Waals surface area contributed by atoms with E-state index in [1.54, 1.807) is 0 Å². The van der Waals surface area contributed by atoms with Crippen LogP contribution in [0, 0.1) is 15.9 Å². The van der Waals surface area contributed by atoms with Gasteiger partial charge < -0.3 is 5.73 Å². The zero-order valence-electron chi connectivity index (χ0n) is 7.36. The van der Waals surface area contributed by atoms with E-state index in [0.29, 0.717) is 6.07 Å². The summed E-state index contributed by atoms with van der Waals surface area (Å²) in [5, 5.41) is 10.3. The third-order valence-electron chi connectivity index (χ3n) is 1.82. The van der Waals surface area contributed by atoms with Crippen LogP contribution in [0.2, 0.25) is 0 Å². The highest BCUT2D eigenvalue weighted by Crippen LogP contribution is 2.24. The van der Waals surface area contributed by atoms with Crippen LogP contribution in [-0.2, 0) is 0 Å². The minimum Gasteiger partial charge on any atom is -0.319 e. The van der Waals surface area contributed by atoms with Crippen LogP contribution in [-0.4, -0.2) is 11.3 Å². The topological polar surface area (TPSA) is 69.2 Å². The molecule has 0 saturated heterocycles. The Hall–Kier alpha value is -1.63. The van der Waals surface area contributed by atoms with Gasteiger partial charge >= 0.3 is 5.69 Å². The summed E-state index contributed by atoms with van der Waals surface area (Å²) >= 11 is 0. The Morgan fingerprint density at radius 2 is 2.00 bits per heavy atom. The molecule has 0 heterocycles. The van der Waals surface area contributed by atoms with Crippen LogP contribution in [0.25, 0.3) is 0 Å². The first-order valence-electron chi connectivity index (χ1n) is 3.91. The number of benzene rings is 1. The third-order valence-corrected chi connectivity index (χ3v) is 1.82. The van der Waals surface area contributed by atoms with Gasteiger partial charge in [0.25, 0.3) is 6.43 Å². The molecule has 0 aliphatic rings. The highest BCUT2D eigenvalue weighted by Gasteiger charge is 2.22. The van der Waals surface area contributed by atoms with Crippen molar-refractivity contribution >= 4 is 5.69 Å². The van der Waals surface area contributed by atoms with Crippen molar-refractivity contribution in [1.82, 2.24) is 0 Å². The second-order valence-corrected chi connectivity index (χ2v) is 2.83. The summed E-state index contributed by atoms with van der Waals surface area (Å²) in [6, 6.07) is 0.811. The molecule has 0 radical (unpaired) electrons. The van der Waals surface area contributed by atoms with E-state index in [-0.39, 0.29) is 5.56 Å². The fourth-order valence-corrected chi connectivity index (χ4v) is 1.02. The maximum atomic E-state index is 12.8. The first-order chi connectivity index (χ1) is 6.93. The maximum absolute atomic E-state index is 12.8. The quantitative estimate of drug-likeness (QED) is 0.625. The molecule has 1 atom stereocenters. The molecular weight excluding hydrogens is 213 g/mol. The van der Waals surface area contributed by atoms with Crippen molar-refractivity contribution in [2.24, 2.45) is 5.73 Å². The zero-order valence-corrected chi connectivity index (χ0v) is 7.36. The van der Waals surface area contributed by atoms with E-state index in [0.717, 1.165) is 12.1 Å². The summed E-state index contributed by atoms with van der Waals surface area (Å²) in [5.41, 5.74) is 4.04. The second kappa shape index (κ2) is 4.26. The van der Waals surface area contributed by atoms with Gasteiger partial charge in [0, 0.05) is 6.07 Å². The smallest absolute Gasteiger partial charge is 0.305 e. The molecule has 1 aromatic carbocycles. The van der Waals surface area contributed by atoms with Crippen molar-refractivity contribution in [3.05, 3.63) is 39.7 Å². The Kier molecular flexibility index (Phi) is 3.25. The number of nitrogens with zero attached hydrogens (tertiary/aromatic N) is 1. The van der Waals surface area contributed by atoms with Crippen LogP contribution < -0.4 is 5.73 Å². The molecule has 0 spiro atoms. The van der Waals surface area contributed by atoms with Gasteiger partial charge in [0.2, 0.25) is 5.82 Å². The third kappa shape index (κ3) is 2.44. The average Bonchev–Trinajstić information content (AvgIpc) is 2.16. The average molecular weight is 220 g/mol. The molecule has 7 heteroatoms. The molecule has 2 N–H and O–H groups in total. The van der Waals surface area contributed by atoms with Gasteiger partial charge in [-0.05, 0) is 11.6 Å². The van der Waals surface area contributed by atoms with E-state index in [1.807, 2.05) is 0 Å². The largest absolute Gasteiger partial charge is 0.319 e. The van der Waals surface area contributed by atoms with Gasteiger partial charge in [-0.2, -0.15) is 4.39 Å². The molecule has 82 valence electrons. The molecule has 0 amide bonds. The lowest BCUT2D eigenvalue weighted by Gasteiger charge is -2.10. The van der Waals surface area contributed by atoms with Gasteiger partial charge in [-0.15, -0.1) is 0 Å². The lowest BCUT2D eigenvalue weighted by Crippen LogP contribution is -2.19. The van der Waals surface area contributed by atoms with Crippen LogP contribution >= 0.6 is 0 Å². The lowest BCUT2D eigenvalue weighted by atomic mass is 10.1. The molecule has 0 fully saturated rings. The predicted molar refractivity (Wildman–Crippen MR) is 46.0 cm³/mol. The Morgan fingerprint density at radius 1 is 1.40 bits per heavy atom. The van der Waals surface area contributed by atoms with Crippen molar-refractivity contribution in [3.63, 3.8) is 0 Å². The van der Waals surface area contributed by atoms with Crippen molar-refractivity contribution in [2.75, 3.05) is 0 Å². The highest BCUT2D eigenvalue weighted by molar-refractivity contribution is 5.37. The molecular formula is C8H7F3N2O2. The number of nitro groups is 1. The van der Waals surface area contributed by atoms with Crippen LogP contribution in [0.3, 0.4) is 0 Å². The van der Waals surface area contributed by atoms with Gasteiger partial charge in [-0.3, -0.25) is 10.1 Å². The maximum Gasteiger partial charge on any atom is 0.305 e. The van der Waals surface area contributed by atoms with Gasteiger partial charge in [0.05, 0.1) is 11.0 Å². The number of rotatable bonds is 3. The first kappa shape index (κ1) is 11.4. The van der Waals surface area contributed by atoms with Crippen molar-refractivity contribution in [3.8, 4) is 0 Å². The number of hydrogen-bond acceptors (Lipinski definition) is 3. The Balaban J connectivity index is 3.13. The molecule has 1 aromatic rings. The molecule has 0 aliphatic carbocycles. The molecule has 0 saturated carbocycles. The highest BCUT2D eigenvalue weighted by atomic mass is 19.3. The number of nitrogens with two attached hydrogens (primary N) is 1. The monoisotopic (exact) mass is 220 g/mol. The number of alkyl halides is 2. The Labute approximate surface area is 82.7 Å². The fourth-order valence-electron chi connectivity index (χ4n) is 1.02. The van der Waals surface area contributed by atoms with Crippen molar-refractivity contribution in [1.29, 1.82) is 0 Å². The minimum absolute atomic E-state index is 0.168. The summed E-state index contributed by atoms with van der Waals surface area (Å²) in [4.78, 5) is 9.31. The molecule has 0 aromatic heterocycles. The fraction of sp³-hybridized carbons (Fsp3) is 0.250. The molecule has 0 unspecified atom stereocenters. The Morgan fingerprint density at radius 3 is 2.47 bits per heavy atom. The van der Waals surface area contributed by atoms with Crippen LogP contribution in [0.4, 0.5) is 18.9 Å². The molecule has 0 aliphatic heterocycles. The number of hydrogen-bond donors (Lipinski definition) is 1.